The molecule has 0 amide bonds. The van der Waals surface area contributed by atoms with E-state index in [0.29, 0.717) is 18.8 Å². The van der Waals surface area contributed by atoms with Gasteiger partial charge in [0.05, 0.1) is 12.5 Å². The van der Waals surface area contributed by atoms with Crippen molar-refractivity contribution in [3.05, 3.63) is 23.7 Å². The summed E-state index contributed by atoms with van der Waals surface area (Å²) in [6.45, 7) is 2.11. The van der Waals surface area contributed by atoms with Crippen LogP contribution in [0.15, 0.2) is 23.7 Å². The van der Waals surface area contributed by atoms with Gasteiger partial charge >= 0.3 is 0 Å². The van der Waals surface area contributed by atoms with Crippen molar-refractivity contribution in [1.82, 2.24) is 0 Å². The van der Waals surface area contributed by atoms with E-state index in [0.717, 1.165) is 32.1 Å². The van der Waals surface area contributed by atoms with Crippen molar-refractivity contribution in [2.75, 3.05) is 20.8 Å². The van der Waals surface area contributed by atoms with Gasteiger partial charge in [0.25, 0.3) is 0 Å². The Labute approximate surface area is 158 Å². The average molecular weight is 369 g/mol. The number of hydrogen-bond donors (Lipinski definition) is 2. The van der Waals surface area contributed by atoms with Crippen molar-refractivity contribution in [3.8, 4) is 0 Å². The van der Waals surface area contributed by atoms with E-state index >= 15 is 0 Å². The average Bonchev–Trinajstić information content (AvgIpc) is 2.62. The summed E-state index contributed by atoms with van der Waals surface area (Å²) in [7, 11) is 3.02. The third-order valence-corrected chi connectivity index (χ3v) is 5.05. The van der Waals surface area contributed by atoms with Crippen LogP contribution in [0.4, 0.5) is 0 Å². The van der Waals surface area contributed by atoms with E-state index < -0.39 is 11.5 Å². The number of hydrogen-bond acceptors (Lipinski definition) is 5. The lowest BCUT2D eigenvalue weighted by Crippen LogP contribution is -2.32. The molecule has 1 aliphatic carbocycles. The summed E-state index contributed by atoms with van der Waals surface area (Å²) < 4.78 is 10.5. The zero-order valence-corrected chi connectivity index (χ0v) is 16.6. The molecule has 0 bridgehead atoms. The molecule has 0 saturated carbocycles. The minimum Gasteiger partial charge on any atom is -0.509 e. The first-order valence-electron chi connectivity index (χ1n) is 9.84. The van der Waals surface area contributed by atoms with E-state index in [-0.39, 0.29) is 11.5 Å². The van der Waals surface area contributed by atoms with E-state index in [9.17, 15) is 9.90 Å². The van der Waals surface area contributed by atoms with Crippen molar-refractivity contribution in [2.45, 2.75) is 77.2 Å². The van der Waals surface area contributed by atoms with E-state index in [1.165, 1.54) is 39.9 Å². The second-order valence-corrected chi connectivity index (χ2v) is 7.30. The molecule has 0 aromatic rings. The fourth-order valence-electron chi connectivity index (χ4n) is 3.41. The van der Waals surface area contributed by atoms with E-state index in [1.54, 1.807) is 12.2 Å². The second-order valence-electron chi connectivity index (χ2n) is 7.30. The Kier molecular flexibility index (Phi) is 10.6. The number of rotatable bonds is 14. The van der Waals surface area contributed by atoms with Gasteiger partial charge < -0.3 is 19.7 Å². The van der Waals surface area contributed by atoms with Crippen molar-refractivity contribution in [2.24, 2.45) is 5.41 Å². The number of allylic oxidation sites excluding steroid dienone is 2. The lowest BCUT2D eigenvalue weighted by atomic mass is 9.78. The van der Waals surface area contributed by atoms with Gasteiger partial charge in [0.1, 0.15) is 17.3 Å². The molecule has 5 heteroatoms. The SMILES string of the molecule is COC1=CC(C)(C(=O)CCCCCCCCCCCO)C=C(O)C1OC. The predicted molar refractivity (Wildman–Crippen MR) is 103 cm³/mol. The zero-order valence-electron chi connectivity index (χ0n) is 16.6. The van der Waals surface area contributed by atoms with E-state index in [1.807, 2.05) is 6.92 Å². The predicted octanol–water partition coefficient (Wildman–Crippen LogP) is 4.46. The van der Waals surface area contributed by atoms with Crippen LogP contribution < -0.4 is 0 Å². The van der Waals surface area contributed by atoms with E-state index in [2.05, 4.69) is 0 Å². The van der Waals surface area contributed by atoms with Crippen LogP contribution in [0.3, 0.4) is 0 Å². The van der Waals surface area contributed by atoms with Crippen molar-refractivity contribution in [3.63, 3.8) is 0 Å². The molecule has 0 aromatic carbocycles. The number of ketones is 1. The molecular formula is C21H36O5. The standard InChI is InChI=1S/C21H36O5/c1-21(15-17(23)20(26-3)18(16-21)25-2)19(24)13-11-9-7-5-4-6-8-10-12-14-22/h15-16,20,22-23H,4-14H2,1-3H3. The molecule has 0 radical (unpaired) electrons. The van der Waals surface area contributed by atoms with Gasteiger partial charge in [0, 0.05) is 20.1 Å². The van der Waals surface area contributed by atoms with Crippen molar-refractivity contribution in [1.29, 1.82) is 0 Å². The van der Waals surface area contributed by atoms with Crippen LogP contribution in [0.2, 0.25) is 0 Å². The number of methoxy groups -OCH3 is 2. The quantitative estimate of drug-likeness (QED) is 0.443. The minimum absolute atomic E-state index is 0.0314. The molecule has 26 heavy (non-hydrogen) atoms. The van der Waals surface area contributed by atoms with Crippen LogP contribution in [0, 0.1) is 5.41 Å². The Morgan fingerprint density at radius 1 is 1.00 bits per heavy atom. The number of carbonyl (C=O) groups is 1. The van der Waals surface area contributed by atoms with Gasteiger partial charge in [-0.3, -0.25) is 4.79 Å². The molecule has 2 atom stereocenters. The van der Waals surface area contributed by atoms with Crippen molar-refractivity contribution >= 4 is 5.78 Å². The number of aliphatic hydroxyl groups excluding tert-OH is 2. The van der Waals surface area contributed by atoms with Crippen LogP contribution in [0.25, 0.3) is 0 Å². The molecule has 0 heterocycles. The molecule has 0 spiro atoms. The summed E-state index contributed by atoms with van der Waals surface area (Å²) in [4.78, 5) is 12.6. The molecule has 2 unspecified atom stereocenters. The summed E-state index contributed by atoms with van der Waals surface area (Å²) in [6.07, 6.45) is 13.2. The summed E-state index contributed by atoms with van der Waals surface area (Å²) in [5.41, 5.74) is -0.836. The van der Waals surface area contributed by atoms with Gasteiger partial charge in [-0.1, -0.05) is 44.9 Å². The normalized spacial score (nSPS) is 22.7. The van der Waals surface area contributed by atoms with Gasteiger partial charge in [0.2, 0.25) is 0 Å². The lowest BCUT2D eigenvalue weighted by Gasteiger charge is -2.30. The van der Waals surface area contributed by atoms with E-state index in [4.69, 9.17) is 14.6 Å². The van der Waals surface area contributed by atoms with Crippen molar-refractivity contribution < 1.29 is 24.5 Å². The summed E-state index contributed by atoms with van der Waals surface area (Å²) in [5.74, 6) is 0.602. The first-order valence-corrected chi connectivity index (χ1v) is 9.84. The number of ether oxygens (including phenoxy) is 2. The third kappa shape index (κ3) is 7.12. The molecule has 2 N–H and O–H groups in total. The molecule has 1 aliphatic rings. The third-order valence-electron chi connectivity index (χ3n) is 5.05. The van der Waals surface area contributed by atoms with Gasteiger partial charge in [-0.05, 0) is 31.9 Å². The topological polar surface area (TPSA) is 76.0 Å². The molecule has 0 saturated heterocycles. The van der Waals surface area contributed by atoms with Gasteiger partial charge in [-0.15, -0.1) is 0 Å². The Morgan fingerprint density at radius 3 is 2.04 bits per heavy atom. The number of aliphatic hydroxyl groups is 2. The highest BCUT2D eigenvalue weighted by Crippen LogP contribution is 2.35. The van der Waals surface area contributed by atoms with Gasteiger partial charge in [0.15, 0.2) is 6.10 Å². The maximum Gasteiger partial charge on any atom is 0.170 e. The first kappa shape index (κ1) is 22.7. The van der Waals surface area contributed by atoms with Crippen LogP contribution in [-0.4, -0.2) is 42.9 Å². The second kappa shape index (κ2) is 12.1. The summed E-state index contributed by atoms with van der Waals surface area (Å²) in [5, 5.41) is 18.9. The Morgan fingerprint density at radius 2 is 1.54 bits per heavy atom. The maximum atomic E-state index is 12.6. The Balaban J connectivity index is 2.30. The zero-order chi connectivity index (χ0) is 19.4. The summed E-state index contributed by atoms with van der Waals surface area (Å²) in [6, 6.07) is 0. The molecule has 1 rings (SSSR count). The summed E-state index contributed by atoms with van der Waals surface area (Å²) >= 11 is 0. The lowest BCUT2D eigenvalue weighted by molar-refractivity contribution is -0.124. The smallest absolute Gasteiger partial charge is 0.170 e. The number of carbonyl (C=O) groups excluding carboxylic acids is 1. The van der Waals surface area contributed by atoms with Crippen LogP contribution in [0.5, 0.6) is 0 Å². The fourth-order valence-corrected chi connectivity index (χ4v) is 3.41. The number of unbranched alkanes of at least 4 members (excludes halogenated alkanes) is 8. The van der Waals surface area contributed by atoms with Crippen LogP contribution in [0.1, 0.15) is 71.1 Å². The molecular weight excluding hydrogens is 332 g/mol. The van der Waals surface area contributed by atoms with Gasteiger partial charge in [-0.25, -0.2) is 0 Å². The molecule has 150 valence electrons. The molecule has 0 aromatic heterocycles. The molecule has 0 fully saturated rings. The monoisotopic (exact) mass is 368 g/mol. The Bertz CT molecular complexity index is 483. The highest BCUT2D eigenvalue weighted by molar-refractivity contribution is 5.88. The van der Waals surface area contributed by atoms with Crippen LogP contribution in [-0.2, 0) is 14.3 Å². The first-order chi connectivity index (χ1) is 12.5. The molecule has 5 nitrogen and oxygen atoms in total. The molecule has 0 aliphatic heterocycles. The Hall–Kier alpha value is -1.33. The largest absolute Gasteiger partial charge is 0.509 e. The van der Waals surface area contributed by atoms with Gasteiger partial charge in [-0.2, -0.15) is 0 Å². The number of Topliss-reactive ketones (excluding diaryl/α,β-unsaturated/α-hetero) is 1. The fraction of sp³-hybridized carbons (Fsp3) is 0.762. The highest BCUT2D eigenvalue weighted by atomic mass is 16.5. The maximum absolute atomic E-state index is 12.6. The van der Waals surface area contributed by atoms with Crippen LogP contribution >= 0.6 is 0 Å². The highest BCUT2D eigenvalue weighted by Gasteiger charge is 2.37. The minimum atomic E-state index is -0.836.